The summed E-state index contributed by atoms with van der Waals surface area (Å²) < 4.78 is 26.5. The molecule has 4 nitrogen and oxygen atoms in total. The van der Waals surface area contributed by atoms with E-state index in [1.54, 1.807) is 4.90 Å². The zero-order valence-electron chi connectivity index (χ0n) is 10.6. The lowest BCUT2D eigenvalue weighted by Crippen LogP contribution is -2.46. The molecule has 1 saturated heterocycles. The fourth-order valence-corrected chi connectivity index (χ4v) is 2.24. The van der Waals surface area contributed by atoms with Gasteiger partial charge in [0.15, 0.2) is 11.5 Å². The number of halogens is 4. The molecule has 8 heteroatoms. The van der Waals surface area contributed by atoms with Crippen molar-refractivity contribution >= 4 is 24.8 Å². The number of piperazine rings is 1. The van der Waals surface area contributed by atoms with E-state index in [0.717, 1.165) is 0 Å². The van der Waals surface area contributed by atoms with Gasteiger partial charge in [-0.1, -0.05) is 12.1 Å². The zero-order chi connectivity index (χ0) is 13.1. The summed E-state index contributed by atoms with van der Waals surface area (Å²) in [6.07, 6.45) is -2.62. The Kier molecular flexibility index (Phi) is 8.12. The number of alkyl halides is 2. The van der Waals surface area contributed by atoms with Gasteiger partial charge in [0.2, 0.25) is 0 Å². The van der Waals surface area contributed by atoms with Gasteiger partial charge in [0, 0.05) is 31.7 Å². The molecule has 1 aromatic rings. The molecule has 0 bridgehead atoms. The number of aromatic hydroxyl groups is 2. The van der Waals surface area contributed by atoms with Crippen molar-refractivity contribution in [3.05, 3.63) is 23.8 Å². The van der Waals surface area contributed by atoms with E-state index in [-0.39, 0.29) is 36.1 Å². The van der Waals surface area contributed by atoms with Crippen molar-refractivity contribution in [2.45, 2.75) is 12.5 Å². The summed E-state index contributed by atoms with van der Waals surface area (Å²) in [6.45, 7) is 2.26. The largest absolute Gasteiger partial charge is 0.504 e. The molecule has 0 aliphatic carbocycles. The summed E-state index contributed by atoms with van der Waals surface area (Å²) in [5, 5.41) is 22.2. The maximum absolute atomic E-state index is 13.2. The van der Waals surface area contributed by atoms with Crippen LogP contribution in [0.2, 0.25) is 0 Å². The van der Waals surface area contributed by atoms with E-state index >= 15 is 0 Å². The minimum absolute atomic E-state index is 0. The topological polar surface area (TPSA) is 55.7 Å². The number of para-hydroxylation sites is 1. The highest BCUT2D eigenvalue weighted by molar-refractivity contribution is 5.85. The molecule has 1 aliphatic rings. The van der Waals surface area contributed by atoms with E-state index in [9.17, 15) is 19.0 Å². The van der Waals surface area contributed by atoms with Gasteiger partial charge >= 0.3 is 0 Å². The Morgan fingerprint density at radius 2 is 1.70 bits per heavy atom. The van der Waals surface area contributed by atoms with Gasteiger partial charge in [-0.15, -0.1) is 24.8 Å². The molecule has 0 saturated carbocycles. The Balaban J connectivity index is 0.00000180. The van der Waals surface area contributed by atoms with Gasteiger partial charge in [0.25, 0.3) is 6.43 Å². The van der Waals surface area contributed by atoms with Gasteiger partial charge < -0.3 is 15.5 Å². The maximum atomic E-state index is 13.2. The van der Waals surface area contributed by atoms with Crippen molar-refractivity contribution in [1.82, 2.24) is 10.2 Å². The second-order valence-corrected chi connectivity index (χ2v) is 4.28. The molecule has 1 aromatic carbocycles. The Morgan fingerprint density at radius 3 is 2.25 bits per heavy atom. The summed E-state index contributed by atoms with van der Waals surface area (Å²) >= 11 is 0. The quantitative estimate of drug-likeness (QED) is 0.743. The van der Waals surface area contributed by atoms with Crippen LogP contribution in [-0.4, -0.2) is 47.7 Å². The monoisotopic (exact) mass is 330 g/mol. The van der Waals surface area contributed by atoms with Crippen LogP contribution >= 0.6 is 24.8 Å². The van der Waals surface area contributed by atoms with Gasteiger partial charge in [-0.25, -0.2) is 8.78 Å². The summed E-state index contributed by atoms with van der Waals surface area (Å²) in [6, 6.07) is 2.98. The molecule has 0 spiro atoms. The van der Waals surface area contributed by atoms with Gasteiger partial charge in [-0.05, 0) is 6.07 Å². The zero-order valence-corrected chi connectivity index (χ0v) is 12.3. The Hall–Kier alpha value is -0.820. The smallest absolute Gasteiger partial charge is 0.258 e. The van der Waals surface area contributed by atoms with E-state index in [1.165, 1.54) is 18.2 Å². The third kappa shape index (κ3) is 4.09. The first-order chi connectivity index (χ1) is 8.61. The Morgan fingerprint density at radius 1 is 1.10 bits per heavy atom. The van der Waals surface area contributed by atoms with E-state index < -0.39 is 18.2 Å². The van der Waals surface area contributed by atoms with Crippen LogP contribution < -0.4 is 5.32 Å². The standard InChI is InChI=1S/C12H16F2N2O2.2ClH/c13-12(14)10(16-6-4-15-5-7-16)8-2-1-3-9(17)11(8)18;;/h1-3,10,12,15,17-18H,4-7H2;2*1H/t10-;;/m1../s1. The molecule has 2 rings (SSSR count). The second-order valence-electron chi connectivity index (χ2n) is 4.28. The van der Waals surface area contributed by atoms with Crippen LogP contribution in [0.25, 0.3) is 0 Å². The number of phenols is 2. The van der Waals surface area contributed by atoms with Gasteiger partial charge in [0.1, 0.15) is 6.04 Å². The van der Waals surface area contributed by atoms with Gasteiger partial charge in [-0.2, -0.15) is 0 Å². The molecule has 0 radical (unpaired) electrons. The minimum atomic E-state index is -2.62. The Labute approximate surface area is 128 Å². The van der Waals surface area contributed by atoms with Crippen molar-refractivity contribution in [2.75, 3.05) is 26.2 Å². The number of hydrogen-bond donors (Lipinski definition) is 3. The first-order valence-electron chi connectivity index (χ1n) is 5.85. The van der Waals surface area contributed by atoms with E-state index in [0.29, 0.717) is 26.2 Å². The minimum Gasteiger partial charge on any atom is -0.504 e. The average molecular weight is 331 g/mol. The third-order valence-corrected chi connectivity index (χ3v) is 3.15. The normalized spacial score (nSPS) is 17.1. The average Bonchev–Trinajstić information content (AvgIpc) is 2.36. The predicted octanol–water partition coefficient (Wildman–Crippen LogP) is 2.15. The number of nitrogens with zero attached hydrogens (tertiary/aromatic N) is 1. The van der Waals surface area contributed by atoms with Crippen LogP contribution in [0, 0.1) is 0 Å². The first kappa shape index (κ1) is 19.2. The SMILES string of the molecule is Cl.Cl.Oc1cccc([C@H](C(F)F)N2CCNCC2)c1O. The van der Waals surface area contributed by atoms with Crippen molar-refractivity contribution in [3.8, 4) is 11.5 Å². The van der Waals surface area contributed by atoms with Crippen LogP contribution in [0.4, 0.5) is 8.78 Å². The van der Waals surface area contributed by atoms with Crippen LogP contribution in [-0.2, 0) is 0 Å². The highest BCUT2D eigenvalue weighted by Crippen LogP contribution is 2.38. The summed E-state index contributed by atoms with van der Waals surface area (Å²) in [5.74, 6) is -0.824. The van der Waals surface area contributed by atoms with Crippen molar-refractivity contribution in [2.24, 2.45) is 0 Å². The molecule has 1 aliphatic heterocycles. The second kappa shape index (κ2) is 8.46. The van der Waals surface area contributed by atoms with E-state index in [4.69, 9.17) is 0 Å². The molecule has 20 heavy (non-hydrogen) atoms. The molecule has 1 atom stereocenters. The van der Waals surface area contributed by atoms with Crippen molar-refractivity contribution in [1.29, 1.82) is 0 Å². The number of phenolic OH excluding ortho intramolecular Hbond substituents is 2. The van der Waals surface area contributed by atoms with Crippen molar-refractivity contribution in [3.63, 3.8) is 0 Å². The highest BCUT2D eigenvalue weighted by atomic mass is 35.5. The van der Waals surface area contributed by atoms with Crippen LogP contribution in [0.5, 0.6) is 11.5 Å². The fraction of sp³-hybridized carbons (Fsp3) is 0.500. The molecular weight excluding hydrogens is 313 g/mol. The molecule has 1 fully saturated rings. The molecule has 1 heterocycles. The number of benzene rings is 1. The lowest BCUT2D eigenvalue weighted by molar-refractivity contribution is 0.0169. The van der Waals surface area contributed by atoms with E-state index in [2.05, 4.69) is 5.32 Å². The van der Waals surface area contributed by atoms with Crippen LogP contribution in [0.1, 0.15) is 11.6 Å². The lowest BCUT2D eigenvalue weighted by Gasteiger charge is -2.34. The summed E-state index contributed by atoms with van der Waals surface area (Å²) in [5.41, 5.74) is 0.0758. The van der Waals surface area contributed by atoms with Crippen LogP contribution in [0.15, 0.2) is 18.2 Å². The number of hydrogen-bond acceptors (Lipinski definition) is 4. The molecule has 116 valence electrons. The summed E-state index contributed by atoms with van der Waals surface area (Å²) in [4.78, 5) is 1.62. The van der Waals surface area contributed by atoms with Gasteiger partial charge in [0.05, 0.1) is 0 Å². The summed E-state index contributed by atoms with van der Waals surface area (Å²) in [7, 11) is 0. The van der Waals surface area contributed by atoms with Crippen molar-refractivity contribution < 1.29 is 19.0 Å². The van der Waals surface area contributed by atoms with Crippen LogP contribution in [0.3, 0.4) is 0 Å². The molecular formula is C12H18Cl2F2N2O2. The lowest BCUT2D eigenvalue weighted by atomic mass is 10.0. The highest BCUT2D eigenvalue weighted by Gasteiger charge is 2.32. The molecule has 0 aromatic heterocycles. The maximum Gasteiger partial charge on any atom is 0.258 e. The third-order valence-electron chi connectivity index (χ3n) is 3.15. The predicted molar refractivity (Wildman–Crippen MR) is 77.5 cm³/mol. The molecule has 0 unspecified atom stereocenters. The number of rotatable bonds is 3. The van der Waals surface area contributed by atoms with Gasteiger partial charge in [-0.3, -0.25) is 4.90 Å². The molecule has 3 N–H and O–H groups in total. The number of nitrogens with one attached hydrogen (secondary N) is 1. The first-order valence-corrected chi connectivity index (χ1v) is 5.85. The Bertz CT molecular complexity index is 418. The van der Waals surface area contributed by atoms with E-state index in [1.807, 2.05) is 0 Å². The molecule has 0 amide bonds. The fourth-order valence-electron chi connectivity index (χ4n) is 2.24.